The molecule has 0 radical (unpaired) electrons. The highest BCUT2D eigenvalue weighted by Crippen LogP contribution is 2.10. The smallest absolute Gasteiger partial charge is 0.330 e. The molecule has 140 valence electrons. The number of amides is 1. The standard InChI is InChI=1S/C18H28N2O4S/c1-20(2)17(24-13-14-9-5-3-6-10-14)16(18(22)23)19-15(21)11-7-4-8-12-25/h3,5-6,9-10,16-17,25H,4,7-8,11-13H2,1-2H3,(H,19,21)(H,22,23). The van der Waals surface area contributed by atoms with Crippen LogP contribution in [0.2, 0.25) is 0 Å². The fourth-order valence-corrected chi connectivity index (χ4v) is 2.60. The Morgan fingerprint density at radius 3 is 2.44 bits per heavy atom. The average Bonchev–Trinajstić information content (AvgIpc) is 2.58. The molecule has 25 heavy (non-hydrogen) atoms. The molecule has 0 aliphatic carbocycles. The lowest BCUT2D eigenvalue weighted by molar-refractivity contribution is -0.153. The zero-order valence-corrected chi connectivity index (χ0v) is 15.7. The van der Waals surface area contributed by atoms with Gasteiger partial charge in [-0.1, -0.05) is 36.8 Å². The Morgan fingerprint density at radius 1 is 1.20 bits per heavy atom. The Morgan fingerprint density at radius 2 is 1.88 bits per heavy atom. The van der Waals surface area contributed by atoms with Crippen LogP contribution in [0.4, 0.5) is 0 Å². The van der Waals surface area contributed by atoms with Crippen molar-refractivity contribution in [1.29, 1.82) is 0 Å². The molecule has 0 bridgehead atoms. The number of benzene rings is 1. The van der Waals surface area contributed by atoms with Crippen LogP contribution < -0.4 is 5.32 Å². The first-order valence-electron chi connectivity index (χ1n) is 8.40. The van der Waals surface area contributed by atoms with E-state index in [0.717, 1.165) is 30.6 Å². The third kappa shape index (κ3) is 8.38. The van der Waals surface area contributed by atoms with Crippen molar-refractivity contribution < 1.29 is 19.4 Å². The van der Waals surface area contributed by atoms with Crippen LogP contribution in [0.25, 0.3) is 0 Å². The van der Waals surface area contributed by atoms with Crippen molar-refractivity contribution in [2.24, 2.45) is 0 Å². The molecular weight excluding hydrogens is 340 g/mol. The number of thiol groups is 1. The topological polar surface area (TPSA) is 78.9 Å². The number of unbranched alkanes of at least 4 members (excludes halogenated alkanes) is 2. The minimum atomic E-state index is -1.13. The van der Waals surface area contributed by atoms with E-state index in [1.807, 2.05) is 30.3 Å². The lowest BCUT2D eigenvalue weighted by Crippen LogP contribution is -2.55. The summed E-state index contributed by atoms with van der Waals surface area (Å²) in [5.74, 6) is -0.604. The van der Waals surface area contributed by atoms with Crippen LogP contribution in [0.1, 0.15) is 31.2 Å². The molecule has 2 atom stereocenters. The van der Waals surface area contributed by atoms with Crippen molar-refractivity contribution in [2.45, 2.75) is 44.6 Å². The van der Waals surface area contributed by atoms with Crippen LogP contribution in [0.15, 0.2) is 30.3 Å². The number of nitrogens with one attached hydrogen (secondary N) is 1. The molecule has 1 rings (SSSR count). The molecule has 0 saturated heterocycles. The van der Waals surface area contributed by atoms with E-state index in [4.69, 9.17) is 4.74 Å². The monoisotopic (exact) mass is 368 g/mol. The molecule has 1 aromatic carbocycles. The zero-order chi connectivity index (χ0) is 18.7. The van der Waals surface area contributed by atoms with E-state index in [1.54, 1.807) is 19.0 Å². The molecule has 2 N–H and O–H groups in total. The first kappa shape index (κ1) is 21.5. The Bertz CT molecular complexity index is 525. The minimum Gasteiger partial charge on any atom is -0.480 e. The van der Waals surface area contributed by atoms with Crippen LogP contribution in [-0.2, 0) is 20.9 Å². The van der Waals surface area contributed by atoms with E-state index < -0.39 is 18.2 Å². The highest BCUT2D eigenvalue weighted by Gasteiger charge is 2.32. The lowest BCUT2D eigenvalue weighted by atomic mass is 10.1. The number of carbonyl (C=O) groups is 2. The highest BCUT2D eigenvalue weighted by molar-refractivity contribution is 7.80. The van der Waals surface area contributed by atoms with E-state index in [1.165, 1.54) is 0 Å². The SMILES string of the molecule is CN(C)C(OCc1ccccc1)C(NC(=O)CCCCCS)C(=O)O. The van der Waals surface area contributed by atoms with Gasteiger partial charge in [0.15, 0.2) is 6.04 Å². The molecule has 0 spiro atoms. The van der Waals surface area contributed by atoms with Crippen molar-refractivity contribution in [3.8, 4) is 0 Å². The summed E-state index contributed by atoms with van der Waals surface area (Å²) >= 11 is 4.13. The van der Waals surface area contributed by atoms with E-state index >= 15 is 0 Å². The number of carboxylic acids is 1. The predicted molar refractivity (Wildman–Crippen MR) is 101 cm³/mol. The Hall–Kier alpha value is -1.57. The third-order valence-corrected chi connectivity index (χ3v) is 4.02. The van der Waals surface area contributed by atoms with E-state index in [2.05, 4.69) is 17.9 Å². The van der Waals surface area contributed by atoms with Gasteiger partial charge in [-0.05, 0) is 38.3 Å². The van der Waals surface area contributed by atoms with Gasteiger partial charge in [-0.25, -0.2) is 4.79 Å². The van der Waals surface area contributed by atoms with Crippen molar-refractivity contribution >= 4 is 24.5 Å². The molecule has 0 heterocycles. The van der Waals surface area contributed by atoms with Gasteiger partial charge in [0, 0.05) is 6.42 Å². The minimum absolute atomic E-state index is 0.269. The normalized spacial score (nSPS) is 13.4. The molecule has 7 heteroatoms. The van der Waals surface area contributed by atoms with Crippen LogP contribution in [0, 0.1) is 0 Å². The largest absolute Gasteiger partial charge is 0.480 e. The molecule has 0 fully saturated rings. The molecular formula is C18H28N2O4S. The Balaban J connectivity index is 2.64. The number of carbonyl (C=O) groups excluding carboxylic acids is 1. The number of ether oxygens (including phenoxy) is 1. The number of likely N-dealkylation sites (N-methyl/N-ethyl adjacent to an activating group) is 1. The maximum atomic E-state index is 12.1. The van der Waals surface area contributed by atoms with E-state index in [9.17, 15) is 14.7 Å². The molecule has 0 saturated carbocycles. The molecule has 0 aliphatic rings. The Kier molecular flexibility index (Phi) is 10.2. The fourth-order valence-electron chi connectivity index (χ4n) is 2.37. The van der Waals surface area contributed by atoms with Crippen LogP contribution in [-0.4, -0.2) is 54.0 Å². The first-order chi connectivity index (χ1) is 12.0. The second-order valence-electron chi connectivity index (χ2n) is 6.07. The summed E-state index contributed by atoms with van der Waals surface area (Å²) in [5, 5.41) is 12.1. The predicted octanol–water partition coefficient (Wildman–Crippen LogP) is 2.15. The number of hydrogen-bond donors (Lipinski definition) is 3. The maximum Gasteiger partial charge on any atom is 0.330 e. The van der Waals surface area contributed by atoms with Gasteiger partial charge >= 0.3 is 5.97 Å². The summed E-state index contributed by atoms with van der Waals surface area (Å²) in [6, 6.07) is 8.37. The number of carboxylic acid groups (broad SMARTS) is 1. The van der Waals surface area contributed by atoms with E-state index in [-0.39, 0.29) is 12.5 Å². The molecule has 6 nitrogen and oxygen atoms in total. The van der Waals surface area contributed by atoms with Crippen molar-refractivity contribution in [3.05, 3.63) is 35.9 Å². The van der Waals surface area contributed by atoms with E-state index in [0.29, 0.717) is 6.42 Å². The van der Waals surface area contributed by atoms with Gasteiger partial charge in [0.05, 0.1) is 6.61 Å². The maximum absolute atomic E-state index is 12.1. The number of hydrogen-bond acceptors (Lipinski definition) is 5. The van der Waals surface area contributed by atoms with Crippen LogP contribution in [0.3, 0.4) is 0 Å². The summed E-state index contributed by atoms with van der Waals surface area (Å²) in [6.45, 7) is 0.269. The summed E-state index contributed by atoms with van der Waals surface area (Å²) in [7, 11) is 3.45. The summed E-state index contributed by atoms with van der Waals surface area (Å²) in [4.78, 5) is 25.3. The molecule has 1 aromatic rings. The van der Waals surface area contributed by atoms with Crippen molar-refractivity contribution in [3.63, 3.8) is 0 Å². The van der Waals surface area contributed by atoms with Gasteiger partial charge in [0.2, 0.25) is 5.91 Å². The number of aliphatic carboxylic acids is 1. The van der Waals surface area contributed by atoms with Gasteiger partial charge in [0.25, 0.3) is 0 Å². The van der Waals surface area contributed by atoms with Gasteiger partial charge < -0.3 is 15.2 Å². The lowest BCUT2D eigenvalue weighted by Gasteiger charge is -2.30. The molecule has 1 amide bonds. The average molecular weight is 368 g/mol. The second-order valence-corrected chi connectivity index (χ2v) is 6.52. The second kappa shape index (κ2) is 11.9. The highest BCUT2D eigenvalue weighted by atomic mass is 32.1. The molecule has 0 aromatic heterocycles. The fraction of sp³-hybridized carbons (Fsp3) is 0.556. The zero-order valence-electron chi connectivity index (χ0n) is 14.9. The van der Waals surface area contributed by atoms with Gasteiger partial charge in [-0.15, -0.1) is 0 Å². The number of rotatable bonds is 12. The third-order valence-electron chi connectivity index (χ3n) is 3.70. The number of nitrogens with zero attached hydrogens (tertiary/aromatic N) is 1. The van der Waals surface area contributed by atoms with Gasteiger partial charge in [-0.3, -0.25) is 9.69 Å². The summed E-state index contributed by atoms with van der Waals surface area (Å²) in [5.41, 5.74) is 0.941. The van der Waals surface area contributed by atoms with Gasteiger partial charge in [-0.2, -0.15) is 12.6 Å². The first-order valence-corrected chi connectivity index (χ1v) is 9.04. The summed E-state index contributed by atoms with van der Waals surface area (Å²) < 4.78 is 5.78. The summed E-state index contributed by atoms with van der Waals surface area (Å²) in [6.07, 6.45) is 2.10. The van der Waals surface area contributed by atoms with Crippen LogP contribution >= 0.6 is 12.6 Å². The Labute approximate surface area is 155 Å². The van der Waals surface area contributed by atoms with Gasteiger partial charge in [0.1, 0.15) is 6.23 Å². The van der Waals surface area contributed by atoms with Crippen molar-refractivity contribution in [2.75, 3.05) is 19.8 Å². The molecule has 2 unspecified atom stereocenters. The quantitative estimate of drug-likeness (QED) is 0.299. The van der Waals surface area contributed by atoms with Crippen LogP contribution in [0.5, 0.6) is 0 Å². The van der Waals surface area contributed by atoms with Crippen molar-refractivity contribution in [1.82, 2.24) is 10.2 Å². The molecule has 0 aliphatic heterocycles.